The average Bonchev–Trinajstić information content (AvgIpc) is 2.74. The molecule has 0 spiro atoms. The summed E-state index contributed by atoms with van der Waals surface area (Å²) in [6.45, 7) is 1.32. The Morgan fingerprint density at radius 1 is 1.00 bits per heavy atom. The molecule has 0 heterocycles. The fourth-order valence-electron chi connectivity index (χ4n) is 2.27. The van der Waals surface area contributed by atoms with E-state index in [1.807, 2.05) is 42.3 Å². The molecule has 31 heavy (non-hydrogen) atoms. The quantitative estimate of drug-likeness (QED) is 0.376. The Bertz CT molecular complexity index is 895. The highest BCUT2D eigenvalue weighted by molar-refractivity contribution is 7.89. The third kappa shape index (κ3) is 11.1. The number of aliphatic hydroxyl groups is 1. The molecule has 1 atom stereocenters. The Morgan fingerprint density at radius 3 is 2.03 bits per heavy atom. The topological polar surface area (TPSA) is 153 Å². The third-order valence-corrected chi connectivity index (χ3v) is 5.21. The summed E-state index contributed by atoms with van der Waals surface area (Å²) in [5.74, 6) is -2.94. The zero-order valence-electron chi connectivity index (χ0n) is 16.9. The smallest absolute Gasteiger partial charge is 0.414 e. The van der Waals surface area contributed by atoms with E-state index in [0.29, 0.717) is 18.8 Å². The number of sulfonamides is 1. The average molecular weight is 455 g/mol. The summed E-state index contributed by atoms with van der Waals surface area (Å²) in [5, 5.41) is 24.8. The number of ether oxygens (including phenoxy) is 1. The van der Waals surface area contributed by atoms with Crippen LogP contribution in [-0.4, -0.2) is 80.0 Å². The van der Waals surface area contributed by atoms with Gasteiger partial charge in [0.15, 0.2) is 0 Å². The molecular formula is C20H26N2O8S. The number of carboxylic acid groups (broad SMARTS) is 2. The van der Waals surface area contributed by atoms with Crippen LogP contribution < -0.4 is 9.46 Å². The van der Waals surface area contributed by atoms with Gasteiger partial charge in [-0.1, -0.05) is 36.4 Å². The minimum Gasteiger partial charge on any atom is -0.491 e. The molecule has 0 amide bonds. The van der Waals surface area contributed by atoms with Crippen LogP contribution in [0.3, 0.4) is 0 Å². The summed E-state index contributed by atoms with van der Waals surface area (Å²) in [6.07, 6.45) is -0.657. The van der Waals surface area contributed by atoms with Gasteiger partial charge in [0, 0.05) is 19.6 Å². The van der Waals surface area contributed by atoms with Crippen LogP contribution in [0.25, 0.3) is 0 Å². The summed E-state index contributed by atoms with van der Waals surface area (Å²) in [5.41, 5.74) is 0. The second-order valence-corrected chi connectivity index (χ2v) is 8.13. The van der Waals surface area contributed by atoms with Crippen molar-refractivity contribution in [2.24, 2.45) is 0 Å². The zero-order chi connectivity index (χ0) is 23.3. The molecule has 0 radical (unpaired) electrons. The van der Waals surface area contributed by atoms with Crippen molar-refractivity contribution in [3.8, 4) is 5.75 Å². The molecular weight excluding hydrogens is 428 g/mol. The highest BCUT2D eigenvalue weighted by Crippen LogP contribution is 2.09. The van der Waals surface area contributed by atoms with Crippen molar-refractivity contribution in [3.63, 3.8) is 0 Å². The number of aliphatic carboxylic acids is 2. The number of para-hydroxylation sites is 1. The highest BCUT2D eigenvalue weighted by atomic mass is 32.2. The molecule has 0 aliphatic heterocycles. The predicted octanol–water partition coefficient (Wildman–Crippen LogP) is 0.492. The Labute approximate surface area is 180 Å². The normalized spacial score (nSPS) is 11.8. The van der Waals surface area contributed by atoms with E-state index in [1.54, 1.807) is 30.3 Å². The van der Waals surface area contributed by atoms with Crippen LogP contribution in [0.5, 0.6) is 5.75 Å². The van der Waals surface area contributed by atoms with Gasteiger partial charge in [0.1, 0.15) is 18.5 Å². The van der Waals surface area contributed by atoms with Crippen molar-refractivity contribution in [2.75, 3.05) is 33.3 Å². The standard InChI is InChI=1S/C18H24N2O4S.C2H2O4/c1-20(14-16(21)15-24-17-8-4-2-5-9-17)13-12-19-25(22,23)18-10-6-3-7-11-18;3-1(4)2(5)6/h2-11,16,19,21H,12-15H2,1H3;(H,3,4)(H,5,6). The molecule has 2 aromatic carbocycles. The zero-order valence-corrected chi connectivity index (χ0v) is 17.7. The lowest BCUT2D eigenvalue weighted by Crippen LogP contribution is -2.38. The van der Waals surface area contributed by atoms with Crippen LogP contribution >= 0.6 is 0 Å². The number of benzene rings is 2. The van der Waals surface area contributed by atoms with Crippen LogP contribution in [0.4, 0.5) is 0 Å². The fourth-order valence-corrected chi connectivity index (χ4v) is 3.31. The lowest BCUT2D eigenvalue weighted by molar-refractivity contribution is -0.159. The van der Waals surface area contributed by atoms with Gasteiger partial charge in [-0.2, -0.15) is 0 Å². The van der Waals surface area contributed by atoms with E-state index in [-0.39, 0.29) is 18.0 Å². The minimum atomic E-state index is -3.49. The molecule has 4 N–H and O–H groups in total. The monoisotopic (exact) mass is 454 g/mol. The molecule has 0 saturated carbocycles. The van der Waals surface area contributed by atoms with E-state index < -0.39 is 28.1 Å². The maximum absolute atomic E-state index is 12.1. The van der Waals surface area contributed by atoms with Gasteiger partial charge in [0.2, 0.25) is 10.0 Å². The molecule has 170 valence electrons. The lowest BCUT2D eigenvalue weighted by atomic mass is 10.3. The number of carboxylic acids is 2. The molecule has 0 aliphatic rings. The second kappa shape index (κ2) is 13.3. The summed E-state index contributed by atoms with van der Waals surface area (Å²) in [7, 11) is -1.67. The maximum atomic E-state index is 12.1. The van der Waals surface area contributed by atoms with E-state index in [0.717, 1.165) is 0 Å². The Morgan fingerprint density at radius 2 is 1.52 bits per heavy atom. The van der Waals surface area contributed by atoms with Crippen LogP contribution in [0.2, 0.25) is 0 Å². The molecule has 2 rings (SSSR count). The Hall–Kier alpha value is -2.99. The van der Waals surface area contributed by atoms with Gasteiger partial charge in [0.05, 0.1) is 4.90 Å². The van der Waals surface area contributed by atoms with Crippen LogP contribution in [0.1, 0.15) is 0 Å². The predicted molar refractivity (Wildman–Crippen MR) is 112 cm³/mol. The number of rotatable bonds is 10. The summed E-state index contributed by atoms with van der Waals surface area (Å²) in [4.78, 5) is 20.3. The molecule has 1 unspecified atom stereocenters. The van der Waals surface area contributed by atoms with Crippen molar-refractivity contribution in [1.29, 1.82) is 0 Å². The third-order valence-electron chi connectivity index (χ3n) is 3.73. The first-order valence-electron chi connectivity index (χ1n) is 9.17. The molecule has 10 nitrogen and oxygen atoms in total. The summed E-state index contributed by atoms with van der Waals surface area (Å²) >= 11 is 0. The van der Waals surface area contributed by atoms with Crippen molar-refractivity contribution in [2.45, 2.75) is 11.0 Å². The minimum absolute atomic E-state index is 0.185. The van der Waals surface area contributed by atoms with E-state index in [2.05, 4.69) is 4.72 Å². The molecule has 0 aliphatic carbocycles. The SMILES string of the molecule is CN(CCNS(=O)(=O)c1ccccc1)CC(O)COc1ccccc1.O=C(O)C(=O)O. The number of hydrogen-bond acceptors (Lipinski definition) is 7. The van der Waals surface area contributed by atoms with Gasteiger partial charge in [-0.05, 0) is 31.3 Å². The highest BCUT2D eigenvalue weighted by Gasteiger charge is 2.14. The van der Waals surface area contributed by atoms with Crippen LogP contribution in [0, 0.1) is 0 Å². The van der Waals surface area contributed by atoms with Gasteiger partial charge in [-0.25, -0.2) is 22.7 Å². The molecule has 0 bridgehead atoms. The van der Waals surface area contributed by atoms with Crippen molar-refractivity contribution < 1.29 is 38.1 Å². The maximum Gasteiger partial charge on any atom is 0.414 e. The van der Waals surface area contributed by atoms with Crippen molar-refractivity contribution in [3.05, 3.63) is 60.7 Å². The summed E-state index contributed by atoms with van der Waals surface area (Å²) in [6, 6.07) is 17.5. The first kappa shape index (κ1) is 26.0. The molecule has 0 fully saturated rings. The first-order chi connectivity index (χ1) is 14.6. The molecule has 0 aromatic heterocycles. The Balaban J connectivity index is 0.000000703. The van der Waals surface area contributed by atoms with Crippen molar-refractivity contribution >= 4 is 22.0 Å². The van der Waals surface area contributed by atoms with Gasteiger partial charge in [-0.15, -0.1) is 0 Å². The van der Waals surface area contributed by atoms with E-state index in [9.17, 15) is 13.5 Å². The molecule has 11 heteroatoms. The molecule has 2 aromatic rings. The van der Waals surface area contributed by atoms with E-state index in [4.69, 9.17) is 24.5 Å². The van der Waals surface area contributed by atoms with Gasteiger partial charge >= 0.3 is 11.9 Å². The van der Waals surface area contributed by atoms with Crippen LogP contribution in [-0.2, 0) is 19.6 Å². The lowest BCUT2D eigenvalue weighted by Gasteiger charge is -2.21. The number of likely N-dealkylation sites (N-methyl/N-ethyl adjacent to an activating group) is 1. The van der Waals surface area contributed by atoms with Gasteiger partial charge in [0.25, 0.3) is 0 Å². The van der Waals surface area contributed by atoms with Crippen LogP contribution in [0.15, 0.2) is 65.6 Å². The second-order valence-electron chi connectivity index (χ2n) is 6.36. The number of nitrogens with one attached hydrogen (secondary N) is 1. The fraction of sp³-hybridized carbons (Fsp3) is 0.300. The van der Waals surface area contributed by atoms with Crippen molar-refractivity contribution in [1.82, 2.24) is 9.62 Å². The summed E-state index contributed by atoms with van der Waals surface area (Å²) < 4.78 is 32.2. The number of nitrogens with zero attached hydrogens (tertiary/aromatic N) is 1. The number of hydrogen-bond donors (Lipinski definition) is 4. The molecule has 0 saturated heterocycles. The Kier molecular flexibility index (Phi) is 11.2. The van der Waals surface area contributed by atoms with Gasteiger partial charge < -0.3 is 25.0 Å². The number of carbonyl (C=O) groups is 2. The first-order valence-corrected chi connectivity index (χ1v) is 10.7. The van der Waals surface area contributed by atoms with E-state index >= 15 is 0 Å². The number of aliphatic hydroxyl groups excluding tert-OH is 1. The van der Waals surface area contributed by atoms with E-state index in [1.165, 1.54) is 0 Å². The van der Waals surface area contributed by atoms with Gasteiger partial charge in [-0.3, -0.25) is 0 Å². The largest absolute Gasteiger partial charge is 0.491 e.